The highest BCUT2D eigenvalue weighted by molar-refractivity contribution is 5.87. The predicted molar refractivity (Wildman–Crippen MR) is 39.8 cm³/mol. The van der Waals surface area contributed by atoms with Crippen LogP contribution in [0.4, 0.5) is 0 Å². The maximum atomic E-state index is 11.0. The molecule has 0 bridgehead atoms. The van der Waals surface area contributed by atoms with Crippen LogP contribution in [0, 0.1) is 0 Å². The Labute approximate surface area is 65.3 Å². The second-order valence-electron chi connectivity index (χ2n) is 2.69. The molecule has 0 radical (unpaired) electrons. The first kappa shape index (κ1) is 8.04. The average Bonchev–Trinajstić information content (AvgIpc) is 1.93. The van der Waals surface area contributed by atoms with Crippen molar-refractivity contribution in [2.24, 2.45) is 0 Å². The van der Waals surface area contributed by atoms with Crippen molar-refractivity contribution in [3.05, 3.63) is 0 Å². The van der Waals surface area contributed by atoms with Gasteiger partial charge in [-0.05, 0) is 12.8 Å². The smallest absolute Gasteiger partial charge is 0.242 e. The van der Waals surface area contributed by atoms with E-state index in [-0.39, 0.29) is 17.9 Å². The zero-order valence-electron chi connectivity index (χ0n) is 6.52. The van der Waals surface area contributed by atoms with Crippen molar-refractivity contribution in [2.75, 3.05) is 6.54 Å². The first-order valence-electron chi connectivity index (χ1n) is 3.75. The number of hydrogen-bond acceptors (Lipinski definition) is 2. The fraction of sp³-hybridized carbons (Fsp3) is 0.714. The van der Waals surface area contributed by atoms with E-state index in [1.807, 2.05) is 0 Å². The Kier molecular flexibility index (Phi) is 2.46. The summed E-state index contributed by atoms with van der Waals surface area (Å²) in [6, 6.07) is -0.304. The lowest BCUT2D eigenvalue weighted by atomic mass is 10.1. The molecule has 1 aliphatic rings. The van der Waals surface area contributed by atoms with Gasteiger partial charge in [-0.3, -0.25) is 9.59 Å². The Morgan fingerprint density at radius 1 is 1.73 bits per heavy atom. The quantitative estimate of drug-likeness (QED) is 0.532. The zero-order valence-corrected chi connectivity index (χ0v) is 6.52. The third-order valence-corrected chi connectivity index (χ3v) is 1.66. The Balaban J connectivity index is 2.42. The number of carbonyl (C=O) groups excluding carboxylic acids is 2. The number of nitrogens with one attached hydrogen (secondary N) is 2. The molecule has 1 atom stereocenters. The fourth-order valence-corrected chi connectivity index (χ4v) is 1.16. The summed E-state index contributed by atoms with van der Waals surface area (Å²) in [4.78, 5) is 21.6. The van der Waals surface area contributed by atoms with Gasteiger partial charge in [0.25, 0.3) is 0 Å². The van der Waals surface area contributed by atoms with E-state index in [9.17, 15) is 9.59 Å². The monoisotopic (exact) mass is 156 g/mol. The minimum Gasteiger partial charge on any atom is -0.354 e. The molecule has 0 aliphatic carbocycles. The summed E-state index contributed by atoms with van der Waals surface area (Å²) in [5.74, 6) is -0.210. The average molecular weight is 156 g/mol. The molecule has 4 heteroatoms. The van der Waals surface area contributed by atoms with E-state index in [0.717, 1.165) is 19.4 Å². The molecule has 0 aromatic heterocycles. The topological polar surface area (TPSA) is 58.2 Å². The lowest BCUT2D eigenvalue weighted by Gasteiger charge is -2.21. The van der Waals surface area contributed by atoms with Crippen molar-refractivity contribution in [1.82, 2.24) is 10.6 Å². The van der Waals surface area contributed by atoms with Gasteiger partial charge < -0.3 is 10.6 Å². The molecule has 1 saturated heterocycles. The molecule has 0 spiro atoms. The van der Waals surface area contributed by atoms with Gasteiger partial charge in [0.1, 0.15) is 6.04 Å². The summed E-state index contributed by atoms with van der Waals surface area (Å²) < 4.78 is 0. The SMILES string of the molecule is CC(=O)N[C@H]1CCCNC1=O. The molecular formula is C7H12N2O2. The summed E-state index contributed by atoms with van der Waals surface area (Å²) in [6.07, 6.45) is 1.70. The third kappa shape index (κ3) is 2.22. The second-order valence-corrected chi connectivity index (χ2v) is 2.69. The summed E-state index contributed by atoms with van der Waals surface area (Å²) in [5.41, 5.74) is 0. The lowest BCUT2D eigenvalue weighted by molar-refractivity contribution is -0.129. The van der Waals surface area contributed by atoms with Crippen LogP contribution in [-0.2, 0) is 9.59 Å². The van der Waals surface area contributed by atoms with Gasteiger partial charge in [0.05, 0.1) is 0 Å². The van der Waals surface area contributed by atoms with Crippen LogP contribution in [0.2, 0.25) is 0 Å². The molecule has 0 unspecified atom stereocenters. The molecule has 62 valence electrons. The summed E-state index contributed by atoms with van der Waals surface area (Å²) in [5, 5.41) is 5.26. The summed E-state index contributed by atoms with van der Waals surface area (Å²) in [6.45, 7) is 2.15. The minimum atomic E-state index is -0.304. The van der Waals surface area contributed by atoms with Gasteiger partial charge >= 0.3 is 0 Å². The molecule has 2 amide bonds. The van der Waals surface area contributed by atoms with Crippen LogP contribution in [0.1, 0.15) is 19.8 Å². The number of carbonyl (C=O) groups is 2. The molecular weight excluding hydrogens is 144 g/mol. The molecule has 11 heavy (non-hydrogen) atoms. The molecule has 0 aromatic rings. The summed E-state index contributed by atoms with van der Waals surface area (Å²) in [7, 11) is 0. The van der Waals surface area contributed by atoms with Crippen LogP contribution >= 0.6 is 0 Å². The number of rotatable bonds is 1. The van der Waals surface area contributed by atoms with E-state index in [4.69, 9.17) is 0 Å². The Morgan fingerprint density at radius 3 is 3.00 bits per heavy atom. The highest BCUT2D eigenvalue weighted by atomic mass is 16.2. The molecule has 0 aromatic carbocycles. The molecule has 0 saturated carbocycles. The zero-order chi connectivity index (χ0) is 8.27. The van der Waals surface area contributed by atoms with E-state index in [1.165, 1.54) is 6.92 Å². The maximum absolute atomic E-state index is 11.0. The largest absolute Gasteiger partial charge is 0.354 e. The van der Waals surface area contributed by atoms with Crippen molar-refractivity contribution in [3.8, 4) is 0 Å². The number of hydrogen-bond donors (Lipinski definition) is 2. The van der Waals surface area contributed by atoms with E-state index in [2.05, 4.69) is 10.6 Å². The molecule has 1 heterocycles. The third-order valence-electron chi connectivity index (χ3n) is 1.66. The lowest BCUT2D eigenvalue weighted by Crippen LogP contribution is -2.49. The van der Waals surface area contributed by atoms with E-state index >= 15 is 0 Å². The predicted octanol–water partition coefficient (Wildman–Crippen LogP) is -0.599. The number of amides is 2. The maximum Gasteiger partial charge on any atom is 0.242 e. The van der Waals surface area contributed by atoms with E-state index in [0.29, 0.717) is 0 Å². The second kappa shape index (κ2) is 3.37. The highest BCUT2D eigenvalue weighted by Crippen LogP contribution is 2.01. The van der Waals surface area contributed by atoms with Crippen molar-refractivity contribution in [2.45, 2.75) is 25.8 Å². The van der Waals surface area contributed by atoms with Gasteiger partial charge in [-0.15, -0.1) is 0 Å². The van der Waals surface area contributed by atoms with Gasteiger partial charge in [0.15, 0.2) is 0 Å². The molecule has 4 nitrogen and oxygen atoms in total. The van der Waals surface area contributed by atoms with Gasteiger partial charge in [-0.25, -0.2) is 0 Å². The van der Waals surface area contributed by atoms with Crippen LogP contribution in [-0.4, -0.2) is 24.4 Å². The Hall–Kier alpha value is -1.06. The number of piperidine rings is 1. The van der Waals surface area contributed by atoms with Crippen LogP contribution < -0.4 is 10.6 Å². The van der Waals surface area contributed by atoms with Crippen LogP contribution in [0.3, 0.4) is 0 Å². The van der Waals surface area contributed by atoms with Gasteiger partial charge in [-0.1, -0.05) is 0 Å². The van der Waals surface area contributed by atoms with Crippen molar-refractivity contribution < 1.29 is 9.59 Å². The van der Waals surface area contributed by atoms with Crippen molar-refractivity contribution in [3.63, 3.8) is 0 Å². The first-order valence-corrected chi connectivity index (χ1v) is 3.75. The molecule has 1 rings (SSSR count). The van der Waals surface area contributed by atoms with Gasteiger partial charge in [0, 0.05) is 13.5 Å². The van der Waals surface area contributed by atoms with Gasteiger partial charge in [-0.2, -0.15) is 0 Å². The van der Waals surface area contributed by atoms with E-state index in [1.54, 1.807) is 0 Å². The summed E-state index contributed by atoms with van der Waals surface area (Å²) >= 11 is 0. The highest BCUT2D eigenvalue weighted by Gasteiger charge is 2.21. The van der Waals surface area contributed by atoms with Crippen LogP contribution in [0.25, 0.3) is 0 Å². The fourth-order valence-electron chi connectivity index (χ4n) is 1.16. The Morgan fingerprint density at radius 2 is 2.45 bits per heavy atom. The molecule has 1 fully saturated rings. The standard InChI is InChI=1S/C7H12N2O2/c1-5(10)9-6-3-2-4-8-7(6)11/h6H,2-4H2,1H3,(H,8,11)(H,9,10)/t6-/m0/s1. The molecule has 1 aliphatic heterocycles. The van der Waals surface area contributed by atoms with Crippen LogP contribution in [0.5, 0.6) is 0 Å². The van der Waals surface area contributed by atoms with Gasteiger partial charge in [0.2, 0.25) is 11.8 Å². The first-order chi connectivity index (χ1) is 5.20. The normalized spacial score (nSPS) is 24.1. The minimum absolute atomic E-state index is 0.0635. The van der Waals surface area contributed by atoms with E-state index < -0.39 is 0 Å². The Bertz CT molecular complexity index is 179. The van der Waals surface area contributed by atoms with Crippen LogP contribution in [0.15, 0.2) is 0 Å². The van der Waals surface area contributed by atoms with Crippen molar-refractivity contribution in [1.29, 1.82) is 0 Å². The molecule has 2 N–H and O–H groups in total. The van der Waals surface area contributed by atoms with Crippen molar-refractivity contribution >= 4 is 11.8 Å².